The van der Waals surface area contributed by atoms with Gasteiger partial charge < -0.3 is 5.32 Å². The van der Waals surface area contributed by atoms with Gasteiger partial charge in [0.15, 0.2) is 0 Å². The van der Waals surface area contributed by atoms with Crippen molar-refractivity contribution in [2.75, 3.05) is 11.9 Å². The quantitative estimate of drug-likeness (QED) is 0.580. The van der Waals surface area contributed by atoms with Crippen LogP contribution in [-0.2, 0) is 16.3 Å². The SMILES string of the molecule is Cc1cccc(-n2nc3c(c2NC(=O)CCCN2C(=O)c4ccccc4C2=O)CSC3)c1. The third-order valence-electron chi connectivity index (χ3n) is 5.72. The molecule has 7 nitrogen and oxygen atoms in total. The number of hydrogen-bond donors (Lipinski definition) is 1. The molecule has 3 aromatic rings. The Bertz CT molecular complexity index is 1210. The van der Waals surface area contributed by atoms with Gasteiger partial charge in [-0.3, -0.25) is 19.3 Å². The Hall–Kier alpha value is -3.39. The molecule has 8 heteroatoms. The zero-order chi connectivity index (χ0) is 22.2. The molecule has 162 valence electrons. The van der Waals surface area contributed by atoms with Gasteiger partial charge >= 0.3 is 0 Å². The van der Waals surface area contributed by atoms with Crippen LogP contribution in [0.15, 0.2) is 48.5 Å². The number of aromatic nitrogens is 2. The lowest BCUT2D eigenvalue weighted by Gasteiger charge is -2.14. The Morgan fingerprint density at radius 1 is 1.06 bits per heavy atom. The highest BCUT2D eigenvalue weighted by atomic mass is 32.2. The molecule has 0 saturated carbocycles. The minimum absolute atomic E-state index is 0.157. The molecule has 2 aliphatic heterocycles. The molecule has 0 aliphatic carbocycles. The first-order valence-corrected chi connectivity index (χ1v) is 11.7. The minimum Gasteiger partial charge on any atom is -0.310 e. The average Bonchev–Trinajstić information content (AvgIpc) is 3.44. The van der Waals surface area contributed by atoms with E-state index in [0.29, 0.717) is 23.4 Å². The number of carbonyl (C=O) groups excluding carboxylic acids is 3. The number of nitrogens with zero attached hydrogens (tertiary/aromatic N) is 3. The van der Waals surface area contributed by atoms with Gasteiger partial charge in [0, 0.05) is 30.0 Å². The first-order chi connectivity index (χ1) is 15.5. The van der Waals surface area contributed by atoms with Crippen molar-refractivity contribution in [1.29, 1.82) is 0 Å². The smallest absolute Gasteiger partial charge is 0.261 e. The number of aryl methyl sites for hydroxylation is 1. The van der Waals surface area contributed by atoms with Gasteiger partial charge in [-0.25, -0.2) is 4.68 Å². The fourth-order valence-electron chi connectivity index (χ4n) is 4.12. The highest BCUT2D eigenvalue weighted by molar-refractivity contribution is 7.98. The van der Waals surface area contributed by atoms with Crippen molar-refractivity contribution in [3.63, 3.8) is 0 Å². The summed E-state index contributed by atoms with van der Waals surface area (Å²) in [5.41, 5.74) is 4.94. The molecule has 3 heterocycles. The van der Waals surface area contributed by atoms with Crippen molar-refractivity contribution in [3.8, 4) is 5.69 Å². The van der Waals surface area contributed by atoms with Crippen molar-refractivity contribution < 1.29 is 14.4 Å². The molecule has 1 N–H and O–H groups in total. The monoisotopic (exact) mass is 446 g/mol. The van der Waals surface area contributed by atoms with Crippen LogP contribution in [0.4, 0.5) is 5.82 Å². The number of benzene rings is 2. The number of hydrogen-bond acceptors (Lipinski definition) is 5. The summed E-state index contributed by atoms with van der Waals surface area (Å²) in [5, 5.41) is 7.76. The Labute approximate surface area is 189 Å². The average molecular weight is 447 g/mol. The Morgan fingerprint density at radius 3 is 2.53 bits per heavy atom. The molecule has 0 atom stereocenters. The first-order valence-electron chi connectivity index (χ1n) is 10.5. The van der Waals surface area contributed by atoms with Crippen LogP contribution in [0.5, 0.6) is 0 Å². The third kappa shape index (κ3) is 3.60. The lowest BCUT2D eigenvalue weighted by atomic mass is 10.1. The summed E-state index contributed by atoms with van der Waals surface area (Å²) >= 11 is 1.78. The van der Waals surface area contributed by atoms with E-state index >= 15 is 0 Å². The van der Waals surface area contributed by atoms with Gasteiger partial charge in [0.25, 0.3) is 11.8 Å². The number of amides is 3. The van der Waals surface area contributed by atoms with Gasteiger partial charge in [-0.15, -0.1) is 0 Å². The molecule has 2 aliphatic rings. The van der Waals surface area contributed by atoms with Gasteiger partial charge in [-0.1, -0.05) is 24.3 Å². The molecule has 3 amide bonds. The Kier molecular flexibility index (Phi) is 5.30. The fourth-order valence-corrected chi connectivity index (χ4v) is 5.16. The number of carbonyl (C=O) groups is 3. The summed E-state index contributed by atoms with van der Waals surface area (Å²) in [6.07, 6.45) is 0.598. The number of thioether (sulfide) groups is 1. The number of rotatable bonds is 6. The molecule has 0 unspecified atom stereocenters. The van der Waals surface area contributed by atoms with Crippen LogP contribution in [0.1, 0.15) is 50.4 Å². The second kappa shape index (κ2) is 8.27. The van der Waals surface area contributed by atoms with Gasteiger partial charge in [0.2, 0.25) is 5.91 Å². The maximum Gasteiger partial charge on any atom is 0.261 e. The standard InChI is InChI=1S/C24H22N4O3S/c1-15-6-4-7-16(12-15)28-22(19-13-32-14-20(19)26-28)25-21(29)10-5-11-27-23(30)17-8-2-3-9-18(17)24(27)31/h2-4,6-9,12H,5,10-11,13-14H2,1H3,(H,25,29). The zero-order valence-electron chi connectivity index (χ0n) is 17.6. The van der Waals surface area contributed by atoms with Crippen molar-refractivity contribution in [2.45, 2.75) is 31.3 Å². The first kappa shape index (κ1) is 20.5. The molecule has 0 radical (unpaired) electrons. The van der Waals surface area contributed by atoms with Crippen molar-refractivity contribution in [3.05, 3.63) is 76.5 Å². The van der Waals surface area contributed by atoms with E-state index in [-0.39, 0.29) is 30.7 Å². The van der Waals surface area contributed by atoms with Crippen molar-refractivity contribution in [1.82, 2.24) is 14.7 Å². The number of fused-ring (bicyclic) bond motifs is 2. The molecule has 0 bridgehead atoms. The summed E-state index contributed by atoms with van der Waals surface area (Å²) in [4.78, 5) is 39.0. The number of anilines is 1. The van der Waals surface area contributed by atoms with Crippen LogP contribution in [0.3, 0.4) is 0 Å². The third-order valence-corrected chi connectivity index (χ3v) is 6.69. The van der Waals surface area contributed by atoms with Crippen molar-refractivity contribution >= 4 is 35.3 Å². The van der Waals surface area contributed by atoms with E-state index in [2.05, 4.69) is 5.32 Å². The molecule has 0 spiro atoms. The molecule has 0 saturated heterocycles. The summed E-state index contributed by atoms with van der Waals surface area (Å²) < 4.78 is 1.81. The van der Waals surface area contributed by atoms with Crippen LogP contribution in [0.2, 0.25) is 0 Å². The predicted molar refractivity (Wildman–Crippen MR) is 123 cm³/mol. The number of nitrogens with one attached hydrogen (secondary N) is 1. The maximum absolute atomic E-state index is 12.8. The van der Waals surface area contributed by atoms with Gasteiger partial charge in [0.1, 0.15) is 5.82 Å². The second-order valence-electron chi connectivity index (χ2n) is 7.98. The molecular weight excluding hydrogens is 424 g/mol. The molecular formula is C24H22N4O3S. The van der Waals surface area contributed by atoms with E-state index in [0.717, 1.165) is 34.0 Å². The Morgan fingerprint density at radius 2 is 1.81 bits per heavy atom. The predicted octanol–water partition coefficient (Wildman–Crippen LogP) is 3.94. The molecule has 0 fully saturated rings. The van der Waals surface area contributed by atoms with E-state index in [4.69, 9.17) is 5.10 Å². The summed E-state index contributed by atoms with van der Waals surface area (Å²) in [6, 6.07) is 14.8. The van der Waals surface area contributed by atoms with Crippen LogP contribution >= 0.6 is 11.8 Å². The lowest BCUT2D eigenvalue weighted by molar-refractivity contribution is -0.116. The van der Waals surface area contributed by atoms with Crippen LogP contribution in [0.25, 0.3) is 5.69 Å². The van der Waals surface area contributed by atoms with E-state index in [1.165, 1.54) is 4.90 Å². The minimum atomic E-state index is -0.293. The largest absolute Gasteiger partial charge is 0.310 e. The lowest BCUT2D eigenvalue weighted by Crippen LogP contribution is -2.31. The zero-order valence-corrected chi connectivity index (χ0v) is 18.4. The fraction of sp³-hybridized carbons (Fsp3) is 0.250. The Balaban J connectivity index is 1.27. The molecule has 2 aromatic carbocycles. The van der Waals surface area contributed by atoms with Gasteiger partial charge in [-0.05, 0) is 43.2 Å². The summed E-state index contributed by atoms with van der Waals surface area (Å²) in [5.74, 6) is 1.61. The van der Waals surface area contributed by atoms with Crippen molar-refractivity contribution in [2.24, 2.45) is 0 Å². The van der Waals surface area contributed by atoms with Crippen LogP contribution in [-0.4, -0.2) is 38.9 Å². The second-order valence-corrected chi connectivity index (χ2v) is 8.96. The van der Waals surface area contributed by atoms with E-state index in [9.17, 15) is 14.4 Å². The van der Waals surface area contributed by atoms with E-state index in [1.807, 2.05) is 31.2 Å². The molecule has 1 aromatic heterocycles. The normalized spacial score (nSPS) is 14.6. The molecule has 5 rings (SSSR count). The van der Waals surface area contributed by atoms with Gasteiger partial charge in [-0.2, -0.15) is 16.9 Å². The summed E-state index contributed by atoms with van der Waals surface area (Å²) in [6.45, 7) is 2.24. The van der Waals surface area contributed by atoms with Crippen LogP contribution < -0.4 is 5.32 Å². The van der Waals surface area contributed by atoms with E-state index in [1.54, 1.807) is 40.7 Å². The van der Waals surface area contributed by atoms with E-state index < -0.39 is 0 Å². The summed E-state index contributed by atoms with van der Waals surface area (Å²) in [7, 11) is 0. The molecule has 32 heavy (non-hydrogen) atoms. The maximum atomic E-state index is 12.8. The number of imide groups is 1. The highest BCUT2D eigenvalue weighted by Gasteiger charge is 2.34. The van der Waals surface area contributed by atoms with Gasteiger partial charge in [0.05, 0.1) is 22.5 Å². The topological polar surface area (TPSA) is 84.3 Å². The highest BCUT2D eigenvalue weighted by Crippen LogP contribution is 2.36. The van der Waals surface area contributed by atoms with Crippen LogP contribution in [0, 0.1) is 6.92 Å².